The zero-order valence-electron chi connectivity index (χ0n) is 6.09. The van der Waals surface area contributed by atoms with Crippen LogP contribution in [0.5, 0.6) is 0 Å². The number of rotatable bonds is 1. The Balaban J connectivity index is 2.87. The van der Waals surface area contributed by atoms with Gasteiger partial charge in [-0.2, -0.15) is 0 Å². The molecule has 1 aromatic rings. The number of aryl methyl sites for hydroxylation is 1. The van der Waals surface area contributed by atoms with Crippen LogP contribution in [-0.2, 0) is 0 Å². The summed E-state index contributed by atoms with van der Waals surface area (Å²) in [6, 6.07) is 4.13. The summed E-state index contributed by atoms with van der Waals surface area (Å²) in [5, 5.41) is 0. The van der Waals surface area contributed by atoms with Crippen molar-refractivity contribution in [3.63, 3.8) is 0 Å². The summed E-state index contributed by atoms with van der Waals surface area (Å²) in [7, 11) is 0. The van der Waals surface area contributed by atoms with Crippen LogP contribution in [0.15, 0.2) is 12.1 Å². The van der Waals surface area contributed by atoms with E-state index >= 15 is 0 Å². The molecule has 1 atom stereocenters. The first-order valence-corrected chi connectivity index (χ1v) is 3.98. The molecule has 0 fully saturated rings. The van der Waals surface area contributed by atoms with E-state index in [1.807, 2.05) is 13.0 Å². The molecule has 0 saturated heterocycles. The Kier molecular flexibility index (Phi) is 2.08. The van der Waals surface area contributed by atoms with Crippen LogP contribution in [-0.4, -0.2) is 0 Å². The van der Waals surface area contributed by atoms with Crippen LogP contribution in [0.1, 0.15) is 22.7 Å². The first-order valence-electron chi connectivity index (χ1n) is 3.17. The SMILES string of the molecule is [C-]#[N+][C@@H](C)c1ccc(C)s1. The summed E-state index contributed by atoms with van der Waals surface area (Å²) in [5.74, 6) is 0. The third-order valence-electron chi connectivity index (χ3n) is 1.37. The van der Waals surface area contributed by atoms with Crippen LogP contribution in [0, 0.1) is 13.5 Å². The van der Waals surface area contributed by atoms with Crippen molar-refractivity contribution in [1.29, 1.82) is 0 Å². The van der Waals surface area contributed by atoms with E-state index < -0.39 is 0 Å². The lowest BCUT2D eigenvalue weighted by atomic mass is 10.3. The van der Waals surface area contributed by atoms with E-state index in [0.717, 1.165) is 0 Å². The van der Waals surface area contributed by atoms with Gasteiger partial charge in [0.2, 0.25) is 0 Å². The Hall–Kier alpha value is -0.810. The smallest absolute Gasteiger partial charge is 0.254 e. The molecule has 0 N–H and O–H groups in total. The van der Waals surface area contributed by atoms with E-state index in [0.29, 0.717) is 0 Å². The summed E-state index contributed by atoms with van der Waals surface area (Å²) in [4.78, 5) is 5.89. The number of nitrogens with zero attached hydrogens (tertiary/aromatic N) is 1. The number of hydrogen-bond acceptors (Lipinski definition) is 1. The standard InChI is InChI=1S/C8H9NS/c1-6-4-5-8(10-6)7(2)9-3/h4-5,7H,1-2H3/t7-/m0/s1. The van der Waals surface area contributed by atoms with Crippen molar-refractivity contribution in [1.82, 2.24) is 0 Å². The molecule has 0 saturated carbocycles. The summed E-state index contributed by atoms with van der Waals surface area (Å²) in [6.07, 6.45) is 0. The topological polar surface area (TPSA) is 4.36 Å². The maximum absolute atomic E-state index is 6.79. The summed E-state index contributed by atoms with van der Waals surface area (Å²) < 4.78 is 0. The normalized spacial score (nSPS) is 12.5. The van der Waals surface area contributed by atoms with Crippen LogP contribution < -0.4 is 0 Å². The Labute approximate surface area is 65.1 Å². The van der Waals surface area contributed by atoms with Gasteiger partial charge in [0.1, 0.15) is 0 Å². The molecule has 1 aromatic heterocycles. The predicted molar refractivity (Wildman–Crippen MR) is 44.1 cm³/mol. The van der Waals surface area contributed by atoms with Crippen LogP contribution >= 0.6 is 11.3 Å². The zero-order chi connectivity index (χ0) is 7.56. The van der Waals surface area contributed by atoms with Crippen molar-refractivity contribution < 1.29 is 0 Å². The van der Waals surface area contributed by atoms with Gasteiger partial charge in [-0.1, -0.05) is 0 Å². The van der Waals surface area contributed by atoms with Gasteiger partial charge in [-0.25, -0.2) is 6.57 Å². The second kappa shape index (κ2) is 2.85. The van der Waals surface area contributed by atoms with Crippen molar-refractivity contribution in [3.05, 3.63) is 33.3 Å². The minimum absolute atomic E-state index is 0.0405. The van der Waals surface area contributed by atoms with Gasteiger partial charge in [0.15, 0.2) is 0 Å². The molecule has 0 radical (unpaired) electrons. The van der Waals surface area contributed by atoms with Gasteiger partial charge in [-0.15, -0.1) is 11.3 Å². The number of hydrogen-bond donors (Lipinski definition) is 0. The molecule has 2 heteroatoms. The van der Waals surface area contributed by atoms with Gasteiger partial charge in [-0.3, -0.25) is 0 Å². The molecule has 0 spiro atoms. The van der Waals surface area contributed by atoms with Gasteiger partial charge >= 0.3 is 0 Å². The first kappa shape index (κ1) is 7.30. The third kappa shape index (κ3) is 1.37. The summed E-state index contributed by atoms with van der Waals surface area (Å²) >= 11 is 1.71. The fraction of sp³-hybridized carbons (Fsp3) is 0.375. The minimum atomic E-state index is 0.0405. The van der Waals surface area contributed by atoms with Crippen LogP contribution in [0.2, 0.25) is 0 Å². The van der Waals surface area contributed by atoms with Gasteiger partial charge in [0.05, 0.1) is 4.88 Å². The molecule has 0 amide bonds. The molecule has 0 aromatic carbocycles. The highest BCUT2D eigenvalue weighted by atomic mass is 32.1. The van der Waals surface area contributed by atoms with Crippen molar-refractivity contribution >= 4 is 11.3 Å². The molecule has 0 aliphatic carbocycles. The molecule has 0 bridgehead atoms. The molecular weight excluding hydrogens is 142 g/mol. The summed E-state index contributed by atoms with van der Waals surface area (Å²) in [5.41, 5.74) is 0. The molecule has 10 heavy (non-hydrogen) atoms. The fourth-order valence-electron chi connectivity index (χ4n) is 0.742. The van der Waals surface area contributed by atoms with E-state index in [9.17, 15) is 0 Å². The number of thiophene rings is 1. The summed E-state index contributed by atoms with van der Waals surface area (Å²) in [6.45, 7) is 10.8. The van der Waals surface area contributed by atoms with E-state index in [1.54, 1.807) is 11.3 Å². The highest BCUT2D eigenvalue weighted by Gasteiger charge is 2.09. The van der Waals surface area contributed by atoms with E-state index in [4.69, 9.17) is 6.57 Å². The highest BCUT2D eigenvalue weighted by molar-refractivity contribution is 7.12. The monoisotopic (exact) mass is 151 g/mol. The molecule has 52 valence electrons. The Bertz CT molecular complexity index is 256. The highest BCUT2D eigenvalue weighted by Crippen LogP contribution is 2.24. The Morgan fingerprint density at radius 2 is 2.30 bits per heavy atom. The Morgan fingerprint density at radius 1 is 1.60 bits per heavy atom. The second-order valence-corrected chi connectivity index (χ2v) is 3.57. The molecule has 1 rings (SSSR count). The van der Waals surface area contributed by atoms with E-state index in [2.05, 4.69) is 17.8 Å². The van der Waals surface area contributed by atoms with Crippen molar-refractivity contribution in [2.45, 2.75) is 19.9 Å². The molecule has 0 aliphatic heterocycles. The van der Waals surface area contributed by atoms with Crippen molar-refractivity contribution in [2.24, 2.45) is 0 Å². The van der Waals surface area contributed by atoms with E-state index in [1.165, 1.54) is 9.75 Å². The molecular formula is C8H9NS. The second-order valence-electron chi connectivity index (χ2n) is 2.25. The lowest BCUT2D eigenvalue weighted by Gasteiger charge is -1.90. The van der Waals surface area contributed by atoms with Crippen LogP contribution in [0.3, 0.4) is 0 Å². The van der Waals surface area contributed by atoms with Gasteiger partial charge < -0.3 is 4.85 Å². The van der Waals surface area contributed by atoms with Gasteiger partial charge in [0, 0.05) is 11.8 Å². The van der Waals surface area contributed by atoms with Crippen molar-refractivity contribution in [2.75, 3.05) is 0 Å². The zero-order valence-corrected chi connectivity index (χ0v) is 6.90. The quantitative estimate of drug-likeness (QED) is 0.543. The Morgan fingerprint density at radius 3 is 2.70 bits per heavy atom. The van der Waals surface area contributed by atoms with Crippen LogP contribution in [0.25, 0.3) is 4.85 Å². The maximum atomic E-state index is 6.79. The first-order chi connectivity index (χ1) is 4.74. The third-order valence-corrected chi connectivity index (χ3v) is 2.54. The average Bonchev–Trinajstić information content (AvgIpc) is 2.34. The molecule has 1 nitrogen and oxygen atoms in total. The lowest BCUT2D eigenvalue weighted by Crippen LogP contribution is -1.77. The van der Waals surface area contributed by atoms with Crippen LogP contribution in [0.4, 0.5) is 0 Å². The molecule has 1 heterocycles. The predicted octanol–water partition coefficient (Wildman–Crippen LogP) is 3.04. The maximum Gasteiger partial charge on any atom is 0.254 e. The largest absolute Gasteiger partial charge is 0.308 e. The molecule has 0 aliphatic rings. The van der Waals surface area contributed by atoms with Crippen molar-refractivity contribution in [3.8, 4) is 0 Å². The van der Waals surface area contributed by atoms with Gasteiger partial charge in [0.25, 0.3) is 6.04 Å². The minimum Gasteiger partial charge on any atom is -0.308 e. The molecule has 0 unspecified atom stereocenters. The fourth-order valence-corrected chi connectivity index (χ4v) is 1.61. The van der Waals surface area contributed by atoms with E-state index in [-0.39, 0.29) is 6.04 Å². The lowest BCUT2D eigenvalue weighted by molar-refractivity contribution is 0.991. The van der Waals surface area contributed by atoms with Gasteiger partial charge in [-0.05, 0) is 19.1 Å². The average molecular weight is 151 g/mol.